The fourth-order valence-electron chi connectivity index (χ4n) is 2.71. The van der Waals surface area contributed by atoms with Crippen molar-refractivity contribution < 1.29 is 0 Å². The molecule has 1 saturated carbocycles. The van der Waals surface area contributed by atoms with Crippen molar-refractivity contribution in [3.05, 3.63) is 0 Å². The molecule has 0 aromatic heterocycles. The number of piperidine rings is 1. The molecule has 2 N–H and O–H groups in total. The number of rotatable bonds is 3. The summed E-state index contributed by atoms with van der Waals surface area (Å²) < 4.78 is 0. The molecule has 2 fully saturated rings. The lowest BCUT2D eigenvalue weighted by Crippen LogP contribution is -2.46. The van der Waals surface area contributed by atoms with E-state index in [2.05, 4.69) is 18.7 Å². The third kappa shape index (κ3) is 2.12. The summed E-state index contributed by atoms with van der Waals surface area (Å²) in [6.07, 6.45) is 5.44. The van der Waals surface area contributed by atoms with E-state index in [1.54, 1.807) is 0 Å². The highest BCUT2D eigenvalue weighted by Crippen LogP contribution is 2.40. The molecule has 0 spiro atoms. The summed E-state index contributed by atoms with van der Waals surface area (Å²) >= 11 is 0. The van der Waals surface area contributed by atoms with E-state index in [9.17, 15) is 0 Å². The molecule has 1 unspecified atom stereocenters. The zero-order valence-electron chi connectivity index (χ0n) is 9.63. The summed E-state index contributed by atoms with van der Waals surface area (Å²) in [7, 11) is 0. The molecule has 0 bridgehead atoms. The number of nitrogens with two attached hydrogens (primary N) is 1. The molecule has 82 valence electrons. The van der Waals surface area contributed by atoms with Gasteiger partial charge in [-0.3, -0.25) is 0 Å². The molecule has 1 heterocycles. The molecule has 0 aromatic carbocycles. The monoisotopic (exact) mass is 196 g/mol. The van der Waals surface area contributed by atoms with Gasteiger partial charge in [-0.2, -0.15) is 0 Å². The maximum absolute atomic E-state index is 5.70. The van der Waals surface area contributed by atoms with Crippen molar-refractivity contribution in [1.29, 1.82) is 0 Å². The van der Waals surface area contributed by atoms with Crippen molar-refractivity contribution in [2.45, 2.75) is 45.6 Å². The summed E-state index contributed by atoms with van der Waals surface area (Å²) in [6.45, 7) is 8.30. The second-order valence-corrected chi connectivity index (χ2v) is 5.74. The van der Waals surface area contributed by atoms with Crippen molar-refractivity contribution in [2.24, 2.45) is 17.1 Å². The molecule has 0 amide bonds. The fraction of sp³-hybridized carbons (Fsp3) is 1.00. The first-order chi connectivity index (χ1) is 6.63. The summed E-state index contributed by atoms with van der Waals surface area (Å²) in [5, 5.41) is 0. The smallest absolute Gasteiger partial charge is 0.00965 e. The third-order valence-electron chi connectivity index (χ3n) is 4.18. The van der Waals surface area contributed by atoms with Crippen LogP contribution in [0.25, 0.3) is 0 Å². The van der Waals surface area contributed by atoms with Crippen LogP contribution in [-0.2, 0) is 0 Å². The number of hydrogen-bond acceptors (Lipinski definition) is 2. The van der Waals surface area contributed by atoms with Gasteiger partial charge in [0, 0.05) is 12.6 Å². The van der Waals surface area contributed by atoms with Crippen LogP contribution in [0.1, 0.15) is 39.5 Å². The lowest BCUT2D eigenvalue weighted by Gasteiger charge is -2.44. The van der Waals surface area contributed by atoms with Gasteiger partial charge < -0.3 is 10.6 Å². The van der Waals surface area contributed by atoms with Crippen molar-refractivity contribution in [3.63, 3.8) is 0 Å². The maximum Gasteiger partial charge on any atom is 0.00965 e. The van der Waals surface area contributed by atoms with Gasteiger partial charge in [-0.25, -0.2) is 0 Å². The van der Waals surface area contributed by atoms with Gasteiger partial charge in [0.2, 0.25) is 0 Å². The van der Waals surface area contributed by atoms with Gasteiger partial charge in [-0.15, -0.1) is 0 Å². The van der Waals surface area contributed by atoms with E-state index in [0.29, 0.717) is 5.41 Å². The van der Waals surface area contributed by atoms with Crippen molar-refractivity contribution in [1.82, 2.24) is 4.90 Å². The zero-order valence-corrected chi connectivity index (χ0v) is 9.63. The third-order valence-corrected chi connectivity index (χ3v) is 4.18. The van der Waals surface area contributed by atoms with Crippen LogP contribution in [-0.4, -0.2) is 30.6 Å². The number of hydrogen-bond donors (Lipinski definition) is 1. The van der Waals surface area contributed by atoms with Gasteiger partial charge in [-0.05, 0) is 50.1 Å². The minimum atomic E-state index is 0.519. The summed E-state index contributed by atoms with van der Waals surface area (Å²) in [5.74, 6) is 0.821. The van der Waals surface area contributed by atoms with Gasteiger partial charge in [0.15, 0.2) is 0 Å². The van der Waals surface area contributed by atoms with Crippen LogP contribution in [0, 0.1) is 11.3 Å². The molecule has 0 radical (unpaired) electrons. The first-order valence-electron chi connectivity index (χ1n) is 6.07. The standard InChI is InChI=1S/C12H24N2/c1-12(2)6-8-14(11-3-4-11)9-10(12)5-7-13/h10-11H,3-9,13H2,1-2H3. The van der Waals surface area contributed by atoms with Crippen LogP contribution in [0.15, 0.2) is 0 Å². The van der Waals surface area contributed by atoms with E-state index in [-0.39, 0.29) is 0 Å². The molecule has 2 heteroatoms. The topological polar surface area (TPSA) is 29.3 Å². The van der Waals surface area contributed by atoms with Crippen molar-refractivity contribution in [2.75, 3.05) is 19.6 Å². The predicted octanol–water partition coefficient (Wildman–Crippen LogP) is 1.85. The van der Waals surface area contributed by atoms with Crippen LogP contribution in [0.2, 0.25) is 0 Å². The first kappa shape index (κ1) is 10.4. The van der Waals surface area contributed by atoms with Crippen LogP contribution in [0.3, 0.4) is 0 Å². The van der Waals surface area contributed by atoms with Crippen molar-refractivity contribution >= 4 is 0 Å². The highest BCUT2D eigenvalue weighted by atomic mass is 15.2. The highest BCUT2D eigenvalue weighted by molar-refractivity contribution is 4.93. The Morgan fingerprint density at radius 3 is 2.64 bits per heavy atom. The molecular weight excluding hydrogens is 172 g/mol. The van der Waals surface area contributed by atoms with Crippen LogP contribution in [0.5, 0.6) is 0 Å². The minimum Gasteiger partial charge on any atom is -0.330 e. The second kappa shape index (κ2) is 3.82. The van der Waals surface area contributed by atoms with Crippen LogP contribution in [0.4, 0.5) is 0 Å². The lowest BCUT2D eigenvalue weighted by molar-refractivity contribution is 0.0517. The zero-order chi connectivity index (χ0) is 10.2. The van der Waals surface area contributed by atoms with Gasteiger partial charge in [0.1, 0.15) is 0 Å². The van der Waals surface area contributed by atoms with Crippen LogP contribution < -0.4 is 5.73 Å². The minimum absolute atomic E-state index is 0.519. The van der Waals surface area contributed by atoms with Gasteiger partial charge in [0.25, 0.3) is 0 Å². The molecule has 1 atom stereocenters. The number of nitrogens with zero attached hydrogens (tertiary/aromatic N) is 1. The van der Waals surface area contributed by atoms with E-state index in [0.717, 1.165) is 18.5 Å². The van der Waals surface area contributed by atoms with E-state index in [1.165, 1.54) is 38.8 Å². The van der Waals surface area contributed by atoms with Gasteiger partial charge in [-0.1, -0.05) is 13.8 Å². The molecule has 2 rings (SSSR count). The quantitative estimate of drug-likeness (QED) is 0.746. The molecule has 0 aromatic rings. The summed E-state index contributed by atoms with van der Waals surface area (Å²) in [4.78, 5) is 2.70. The van der Waals surface area contributed by atoms with Gasteiger partial charge >= 0.3 is 0 Å². The second-order valence-electron chi connectivity index (χ2n) is 5.74. The van der Waals surface area contributed by atoms with E-state index >= 15 is 0 Å². The lowest BCUT2D eigenvalue weighted by atomic mass is 9.72. The largest absolute Gasteiger partial charge is 0.330 e. The van der Waals surface area contributed by atoms with Crippen LogP contribution >= 0.6 is 0 Å². The Morgan fingerprint density at radius 1 is 1.36 bits per heavy atom. The Morgan fingerprint density at radius 2 is 2.07 bits per heavy atom. The SMILES string of the molecule is CC1(C)CCN(C2CC2)CC1CCN. The Bertz CT molecular complexity index is 196. The molecule has 2 nitrogen and oxygen atoms in total. The Kier molecular flexibility index (Phi) is 2.85. The molecule has 2 aliphatic rings. The molecule has 1 aliphatic carbocycles. The molecule has 1 saturated heterocycles. The fourth-order valence-corrected chi connectivity index (χ4v) is 2.71. The molecular formula is C12H24N2. The highest BCUT2D eigenvalue weighted by Gasteiger charge is 2.39. The van der Waals surface area contributed by atoms with E-state index in [4.69, 9.17) is 5.73 Å². The normalized spacial score (nSPS) is 33.2. The number of likely N-dealkylation sites (tertiary alicyclic amines) is 1. The van der Waals surface area contributed by atoms with Crippen molar-refractivity contribution in [3.8, 4) is 0 Å². The maximum atomic E-state index is 5.70. The Labute approximate surface area is 87.8 Å². The van der Waals surface area contributed by atoms with Gasteiger partial charge in [0.05, 0.1) is 0 Å². The molecule has 14 heavy (non-hydrogen) atoms. The van der Waals surface area contributed by atoms with E-state index in [1.807, 2.05) is 0 Å². The predicted molar refractivity (Wildman–Crippen MR) is 60.2 cm³/mol. The molecule has 1 aliphatic heterocycles. The Balaban J connectivity index is 1.94. The van der Waals surface area contributed by atoms with E-state index < -0.39 is 0 Å². The average molecular weight is 196 g/mol. The summed E-state index contributed by atoms with van der Waals surface area (Å²) in [6, 6.07) is 0.936. The first-order valence-corrected chi connectivity index (χ1v) is 6.07. The Hall–Kier alpha value is -0.0800. The summed E-state index contributed by atoms with van der Waals surface area (Å²) in [5.41, 5.74) is 6.22. The average Bonchev–Trinajstić information content (AvgIpc) is 2.92.